The number of ether oxygens (including phenoxy) is 1. The number of likely N-dealkylation sites (tertiary alicyclic amines) is 1. The lowest BCUT2D eigenvalue weighted by molar-refractivity contribution is -0.149. The molecule has 1 amide bonds. The molecule has 1 aliphatic rings. The maximum Gasteiger partial charge on any atom is 0.310 e. The molecule has 1 heterocycles. The largest absolute Gasteiger partial charge is 0.466 e. The van der Waals surface area contributed by atoms with Crippen LogP contribution < -0.4 is 5.32 Å². The van der Waals surface area contributed by atoms with Gasteiger partial charge in [0.15, 0.2) is 5.11 Å². The highest BCUT2D eigenvalue weighted by Crippen LogP contribution is 2.18. The molecule has 0 bridgehead atoms. The number of carbonyl (C=O) groups is 2. The molecule has 0 unspecified atom stereocenters. The fraction of sp³-hybridized carbons (Fsp3) is 0.389. The van der Waals surface area contributed by atoms with E-state index in [1.807, 2.05) is 4.90 Å². The summed E-state index contributed by atoms with van der Waals surface area (Å²) in [5.41, 5.74) is 0.711. The van der Waals surface area contributed by atoms with Crippen LogP contribution in [-0.4, -0.2) is 41.6 Å². The Morgan fingerprint density at radius 1 is 1.40 bits per heavy atom. The van der Waals surface area contributed by atoms with Crippen LogP contribution in [0.1, 0.15) is 25.3 Å². The van der Waals surface area contributed by atoms with Gasteiger partial charge in [-0.3, -0.25) is 14.9 Å². The minimum atomic E-state index is -0.368. The van der Waals surface area contributed by atoms with E-state index in [9.17, 15) is 14.0 Å². The minimum absolute atomic E-state index is 0.224. The molecule has 134 valence electrons. The highest BCUT2D eigenvalue weighted by atomic mass is 32.1. The number of piperidine rings is 1. The third-order valence-corrected chi connectivity index (χ3v) is 4.22. The van der Waals surface area contributed by atoms with Crippen molar-refractivity contribution in [2.45, 2.75) is 19.8 Å². The van der Waals surface area contributed by atoms with Gasteiger partial charge in [-0.05, 0) is 55.8 Å². The van der Waals surface area contributed by atoms with E-state index >= 15 is 0 Å². The standard InChI is InChI=1S/C18H21FN2O3S/c1-2-24-17(23)14-4-3-11-21(12-14)18(25)20-16(22)10-7-13-5-8-15(19)9-6-13/h5-10,14H,2-4,11-12H2,1H3,(H,20,22,25)/b10-7+/t14-/m0/s1. The van der Waals surface area contributed by atoms with Gasteiger partial charge in [0.2, 0.25) is 5.91 Å². The van der Waals surface area contributed by atoms with Crippen molar-refractivity contribution < 1.29 is 18.7 Å². The predicted molar refractivity (Wildman–Crippen MR) is 97.1 cm³/mol. The molecule has 25 heavy (non-hydrogen) atoms. The summed E-state index contributed by atoms with van der Waals surface area (Å²) in [6.07, 6.45) is 4.49. The number of halogens is 1. The molecule has 5 nitrogen and oxygen atoms in total. The fourth-order valence-electron chi connectivity index (χ4n) is 2.59. The van der Waals surface area contributed by atoms with E-state index in [2.05, 4.69) is 5.32 Å². The maximum atomic E-state index is 12.8. The van der Waals surface area contributed by atoms with Crippen molar-refractivity contribution in [2.24, 2.45) is 5.92 Å². The first kappa shape index (κ1) is 19.1. The smallest absolute Gasteiger partial charge is 0.310 e. The van der Waals surface area contributed by atoms with Crippen LogP contribution in [0.4, 0.5) is 4.39 Å². The van der Waals surface area contributed by atoms with Crippen molar-refractivity contribution in [3.05, 3.63) is 41.7 Å². The molecular weight excluding hydrogens is 343 g/mol. The molecule has 1 atom stereocenters. The Balaban J connectivity index is 1.86. The number of amides is 1. The van der Waals surface area contributed by atoms with E-state index in [0.717, 1.165) is 12.8 Å². The maximum absolute atomic E-state index is 12.8. The zero-order valence-corrected chi connectivity index (χ0v) is 14.9. The number of nitrogens with zero attached hydrogens (tertiary/aromatic N) is 1. The van der Waals surface area contributed by atoms with Gasteiger partial charge < -0.3 is 9.64 Å². The summed E-state index contributed by atoms with van der Waals surface area (Å²) in [6.45, 7) is 3.26. The lowest BCUT2D eigenvalue weighted by Gasteiger charge is -2.33. The van der Waals surface area contributed by atoms with Crippen LogP contribution in [0.5, 0.6) is 0 Å². The second kappa shape index (κ2) is 9.27. The first-order valence-corrected chi connectivity index (χ1v) is 8.60. The summed E-state index contributed by atoms with van der Waals surface area (Å²) < 4.78 is 17.9. The molecule has 1 aliphatic heterocycles. The van der Waals surface area contributed by atoms with E-state index in [1.165, 1.54) is 18.2 Å². The molecule has 0 saturated carbocycles. The lowest BCUT2D eigenvalue weighted by atomic mass is 9.98. The third kappa shape index (κ3) is 5.94. The first-order chi connectivity index (χ1) is 12.0. The Morgan fingerprint density at radius 2 is 2.12 bits per heavy atom. The second-order valence-electron chi connectivity index (χ2n) is 5.72. The Bertz CT molecular complexity index is 661. The van der Waals surface area contributed by atoms with E-state index < -0.39 is 0 Å². The van der Waals surface area contributed by atoms with Crippen LogP contribution in [0.25, 0.3) is 6.08 Å². The molecule has 0 aromatic heterocycles. The zero-order valence-electron chi connectivity index (χ0n) is 14.0. The van der Waals surface area contributed by atoms with E-state index in [1.54, 1.807) is 25.1 Å². The second-order valence-corrected chi connectivity index (χ2v) is 6.10. The SMILES string of the molecule is CCOC(=O)[C@H]1CCCN(C(=S)NC(=O)/C=C/c2ccc(F)cc2)C1. The van der Waals surface area contributed by atoms with Crippen molar-refractivity contribution in [3.8, 4) is 0 Å². The van der Waals surface area contributed by atoms with Crippen LogP contribution in [0.3, 0.4) is 0 Å². The molecule has 0 radical (unpaired) electrons. The monoisotopic (exact) mass is 364 g/mol. The van der Waals surface area contributed by atoms with Gasteiger partial charge in [-0.25, -0.2) is 4.39 Å². The van der Waals surface area contributed by atoms with Gasteiger partial charge in [0.25, 0.3) is 0 Å². The summed E-state index contributed by atoms with van der Waals surface area (Å²) in [6, 6.07) is 5.80. The van der Waals surface area contributed by atoms with Crippen LogP contribution in [0.2, 0.25) is 0 Å². The normalized spacial score (nSPS) is 17.4. The fourth-order valence-corrected chi connectivity index (χ4v) is 2.85. The van der Waals surface area contributed by atoms with Gasteiger partial charge in [-0.15, -0.1) is 0 Å². The number of nitrogens with one attached hydrogen (secondary N) is 1. The number of hydrogen-bond donors (Lipinski definition) is 1. The predicted octanol–water partition coefficient (Wildman–Crippen LogP) is 2.52. The molecule has 7 heteroatoms. The summed E-state index contributed by atoms with van der Waals surface area (Å²) in [4.78, 5) is 25.6. The van der Waals surface area contributed by atoms with Crippen molar-refractivity contribution in [3.63, 3.8) is 0 Å². The molecule has 1 N–H and O–H groups in total. The number of benzene rings is 1. The molecule has 1 aromatic rings. The third-order valence-electron chi connectivity index (χ3n) is 3.86. The van der Waals surface area contributed by atoms with Gasteiger partial charge in [0.1, 0.15) is 5.82 Å². The van der Waals surface area contributed by atoms with E-state index in [-0.39, 0.29) is 23.6 Å². The number of esters is 1. The highest BCUT2D eigenvalue weighted by Gasteiger charge is 2.28. The van der Waals surface area contributed by atoms with Crippen molar-refractivity contribution >= 4 is 35.3 Å². The van der Waals surface area contributed by atoms with Gasteiger partial charge >= 0.3 is 5.97 Å². The average molecular weight is 364 g/mol. The molecule has 2 rings (SSSR count). The molecular formula is C18H21FN2O3S. The first-order valence-electron chi connectivity index (χ1n) is 8.19. The van der Waals surface area contributed by atoms with E-state index in [4.69, 9.17) is 17.0 Å². The Hall–Kier alpha value is -2.28. The Kier molecular flexibility index (Phi) is 7.06. The molecule has 1 aromatic carbocycles. The number of hydrogen-bond acceptors (Lipinski definition) is 4. The van der Waals surface area contributed by atoms with Crippen LogP contribution in [-0.2, 0) is 14.3 Å². The molecule has 1 fully saturated rings. The van der Waals surface area contributed by atoms with Crippen molar-refractivity contribution in [1.82, 2.24) is 10.2 Å². The Labute approximate surface area is 151 Å². The molecule has 1 saturated heterocycles. The van der Waals surface area contributed by atoms with Crippen LogP contribution >= 0.6 is 12.2 Å². The summed E-state index contributed by atoms with van der Waals surface area (Å²) in [7, 11) is 0. The average Bonchev–Trinajstić information content (AvgIpc) is 2.61. The van der Waals surface area contributed by atoms with Gasteiger partial charge in [0, 0.05) is 19.2 Å². The van der Waals surface area contributed by atoms with Gasteiger partial charge in [-0.2, -0.15) is 0 Å². The zero-order chi connectivity index (χ0) is 18.2. The highest BCUT2D eigenvalue weighted by molar-refractivity contribution is 7.80. The van der Waals surface area contributed by atoms with Gasteiger partial charge in [-0.1, -0.05) is 12.1 Å². The summed E-state index contributed by atoms with van der Waals surface area (Å²) >= 11 is 5.26. The van der Waals surface area contributed by atoms with Gasteiger partial charge in [0.05, 0.1) is 12.5 Å². The lowest BCUT2D eigenvalue weighted by Crippen LogP contribution is -2.48. The van der Waals surface area contributed by atoms with E-state index in [0.29, 0.717) is 30.4 Å². The summed E-state index contributed by atoms with van der Waals surface area (Å²) in [5.74, 6) is -1.15. The van der Waals surface area contributed by atoms with Crippen LogP contribution in [0.15, 0.2) is 30.3 Å². The number of rotatable bonds is 4. The minimum Gasteiger partial charge on any atom is -0.466 e. The Morgan fingerprint density at radius 3 is 2.80 bits per heavy atom. The molecule has 0 spiro atoms. The summed E-state index contributed by atoms with van der Waals surface area (Å²) in [5, 5.41) is 2.92. The number of carbonyl (C=O) groups excluding carboxylic acids is 2. The number of thiocarbonyl (C=S) groups is 1. The topological polar surface area (TPSA) is 58.6 Å². The quantitative estimate of drug-likeness (QED) is 0.505. The van der Waals surface area contributed by atoms with Crippen LogP contribution in [0, 0.1) is 11.7 Å². The van der Waals surface area contributed by atoms with Crippen molar-refractivity contribution in [2.75, 3.05) is 19.7 Å². The molecule has 0 aliphatic carbocycles. The van der Waals surface area contributed by atoms with Crippen molar-refractivity contribution in [1.29, 1.82) is 0 Å².